The number of hydrogen-bond acceptors (Lipinski definition) is 18. The Balaban J connectivity index is 2.24. The van der Waals surface area contributed by atoms with Crippen molar-refractivity contribution in [2.24, 2.45) is 0 Å². The number of carbonyl (C=O) groups excluding carboxylic acids is 3. The lowest BCUT2D eigenvalue weighted by Gasteiger charge is -2.45. The Kier molecular flexibility index (Phi) is 39.6. The molecule has 0 bridgehead atoms. The molecule has 0 aromatic carbocycles. The first-order valence-corrected chi connectivity index (χ1v) is 32.6. The maximum atomic E-state index is 14.0. The molecule has 2 heterocycles. The maximum absolute atomic E-state index is 14.0. The molecule has 12 atom stereocenters. The average molecular weight is 1180 g/mol. The second-order valence-electron chi connectivity index (χ2n) is 21.4. The highest BCUT2D eigenvalue weighted by atomic mass is 32.3. The highest BCUT2D eigenvalue weighted by Gasteiger charge is 2.51. The molecule has 0 radical (unpaired) electrons. The van der Waals surface area contributed by atoms with Gasteiger partial charge < -0.3 is 69.6 Å². The van der Waals surface area contributed by atoms with Crippen LogP contribution in [0.2, 0.25) is 0 Å². The van der Waals surface area contributed by atoms with E-state index in [0.717, 1.165) is 89.9 Å². The van der Waals surface area contributed by atoms with Crippen molar-refractivity contribution in [3.8, 4) is 0 Å². The number of hydrogen-bond donors (Lipinski definition) is 10. The van der Waals surface area contributed by atoms with E-state index in [1.165, 1.54) is 64.2 Å². The summed E-state index contributed by atoms with van der Waals surface area (Å²) in [6.45, 7) is 3.42. The fraction of sp³-hybridized carbons (Fsp3) is 0.944. The van der Waals surface area contributed by atoms with Gasteiger partial charge >= 0.3 is 24.2 Å². The van der Waals surface area contributed by atoms with E-state index >= 15 is 0 Å². The van der Waals surface area contributed by atoms with Gasteiger partial charge in [0.15, 0.2) is 12.6 Å². The van der Waals surface area contributed by atoms with Gasteiger partial charge in [0.1, 0.15) is 54.8 Å². The molecule has 25 heteroatoms. The molecule has 0 saturated carbocycles. The first kappa shape index (κ1) is 73.1. The highest BCUT2D eigenvalue weighted by Crippen LogP contribution is 2.41. The molecule has 0 aliphatic carbocycles. The van der Waals surface area contributed by atoms with E-state index in [4.69, 9.17) is 32.8 Å². The smallest absolute Gasteiger partial charge is 0.462 e. The lowest BCUT2D eigenvalue weighted by molar-refractivity contribution is -0.302. The minimum absolute atomic E-state index is 0.157. The summed E-state index contributed by atoms with van der Waals surface area (Å²) in [6, 6.07) is -3.24. The number of phosphoric acid groups is 1. The number of carbonyl (C=O) groups is 3. The molecule has 0 aromatic rings. The second-order valence-corrected chi connectivity index (χ2v) is 23.7. The van der Waals surface area contributed by atoms with Crippen molar-refractivity contribution in [2.45, 2.75) is 300 Å². The third-order valence-electron chi connectivity index (χ3n) is 14.4. The molecule has 2 fully saturated rings. The lowest BCUT2D eigenvalue weighted by Crippen LogP contribution is -2.67. The third-order valence-corrected chi connectivity index (χ3v) is 15.4. The maximum Gasteiger partial charge on any atom is 0.470 e. The van der Waals surface area contributed by atoms with Gasteiger partial charge in [-0.25, -0.2) is 8.75 Å². The predicted molar refractivity (Wildman–Crippen MR) is 293 cm³/mol. The quantitative estimate of drug-likeness (QED) is 0.0132. The number of phosphoric ester groups is 1. The fourth-order valence-electron chi connectivity index (χ4n) is 9.92. The van der Waals surface area contributed by atoms with Gasteiger partial charge in [0.2, 0.25) is 11.8 Å². The van der Waals surface area contributed by atoms with E-state index in [-0.39, 0.29) is 19.3 Å². The van der Waals surface area contributed by atoms with E-state index in [9.17, 15) is 62.7 Å². The summed E-state index contributed by atoms with van der Waals surface area (Å²) in [4.78, 5) is 59.9. The molecule has 2 saturated heterocycles. The number of ether oxygens (including phenoxy) is 5. The van der Waals surface area contributed by atoms with Gasteiger partial charge in [-0.2, -0.15) is 8.42 Å². The molecule has 0 spiro atoms. The summed E-state index contributed by atoms with van der Waals surface area (Å²) in [5.41, 5.74) is 0. The number of aliphatic hydroxyl groups excluding tert-OH is 5. The number of esters is 1. The molecule has 2 aliphatic heterocycles. The van der Waals surface area contributed by atoms with Gasteiger partial charge in [-0.1, -0.05) is 181 Å². The minimum Gasteiger partial charge on any atom is -0.462 e. The van der Waals surface area contributed by atoms with Crippen LogP contribution in [0.25, 0.3) is 0 Å². The number of unbranched alkanes of at least 4 members (excludes halogenated alkanes) is 24. The number of rotatable bonds is 48. The van der Waals surface area contributed by atoms with Gasteiger partial charge in [-0.15, -0.1) is 0 Å². The molecule has 0 aromatic heterocycles. The Morgan fingerprint density at radius 2 is 1.03 bits per heavy atom. The summed E-state index contributed by atoms with van der Waals surface area (Å²) in [7, 11) is -10.3. The summed E-state index contributed by atoms with van der Waals surface area (Å²) >= 11 is 0. The number of nitrogens with one attached hydrogen (secondary N) is 2. The van der Waals surface area contributed by atoms with Gasteiger partial charge in [-0.05, 0) is 25.7 Å². The van der Waals surface area contributed by atoms with Crippen LogP contribution in [0.3, 0.4) is 0 Å². The Bertz CT molecular complexity index is 1770. The van der Waals surface area contributed by atoms with Crippen molar-refractivity contribution in [1.29, 1.82) is 0 Å². The number of amides is 2. The molecule has 466 valence electrons. The molecule has 79 heavy (non-hydrogen) atoms. The molecule has 2 amide bonds. The van der Waals surface area contributed by atoms with Crippen LogP contribution in [0, 0.1) is 0 Å². The van der Waals surface area contributed by atoms with Crippen molar-refractivity contribution in [2.75, 3.05) is 26.4 Å². The third kappa shape index (κ3) is 33.8. The standard InChI is InChI=1S/C54H103N2O21PS/c1-4-7-10-13-16-19-22-25-28-31-40(58)36-44(59)55-47-50(63)49(62)43(76-53(47)71-34-35-73-79(68,69)70)39-72-54-48(51(64)52(42(38-57)75-54)77-78(65,66)67)56-45(60)37-41(32-29-26-23-20-17-14-11-8-5-2)74-46(61)33-30-27-24-21-18-15-12-9-6-3/h40-43,47-54,57-58,62-64H,4-39H2,1-3H3,(H,55,59)(H,56,60)(H2,65,66,67)(H,68,69,70)/t40-,41-,42-,43-,47-,48-,49-,50-,51-,52-,53+,54-/m1/s1. The average Bonchev–Trinajstić information content (AvgIpc) is 3.38. The Morgan fingerprint density at radius 1 is 0.582 bits per heavy atom. The molecular formula is C54H103N2O21PS. The monoisotopic (exact) mass is 1180 g/mol. The molecular weight excluding hydrogens is 1080 g/mol. The van der Waals surface area contributed by atoms with Crippen LogP contribution in [-0.2, 0) is 61.7 Å². The molecule has 0 unspecified atom stereocenters. The van der Waals surface area contributed by atoms with Crippen LogP contribution < -0.4 is 10.6 Å². The normalized spacial score (nSPS) is 24.5. The van der Waals surface area contributed by atoms with Gasteiger partial charge in [0.25, 0.3) is 0 Å². The Labute approximate surface area is 470 Å². The molecule has 2 rings (SSSR count). The van der Waals surface area contributed by atoms with Crippen LogP contribution in [0.1, 0.15) is 226 Å². The van der Waals surface area contributed by atoms with Crippen molar-refractivity contribution >= 4 is 36.0 Å². The van der Waals surface area contributed by atoms with Crippen molar-refractivity contribution in [1.82, 2.24) is 10.6 Å². The zero-order valence-corrected chi connectivity index (χ0v) is 49.3. The lowest BCUT2D eigenvalue weighted by atomic mass is 9.95. The molecule has 23 nitrogen and oxygen atoms in total. The summed E-state index contributed by atoms with van der Waals surface area (Å²) in [5.74, 6) is -1.99. The SMILES string of the molecule is CCCCCCCCCCCC(=O)O[C@H](CCCCCCCCCCC)CC(=O)N[C@H]1[C@H](OC[C@H]2O[C@H](OCCOS(=O)(=O)O)[C@H](NC(=O)C[C@H](O)CCCCCCCCCCC)[C@@H](O)[C@@H]2O)O[C@H](CO)[C@@H](OP(=O)(O)O)[C@@H]1O. The van der Waals surface area contributed by atoms with Gasteiger partial charge in [-0.3, -0.25) is 23.5 Å². The van der Waals surface area contributed by atoms with Crippen molar-refractivity contribution in [3.63, 3.8) is 0 Å². The van der Waals surface area contributed by atoms with Gasteiger partial charge in [0, 0.05) is 6.42 Å². The Hall–Kier alpha value is -1.97. The summed E-state index contributed by atoms with van der Waals surface area (Å²) in [6.07, 6.45) is 12.0. The fourth-order valence-corrected chi connectivity index (χ4v) is 10.8. The molecule has 2 aliphatic rings. The zero-order chi connectivity index (χ0) is 58.5. The second kappa shape index (κ2) is 42.8. The van der Waals surface area contributed by atoms with Crippen molar-refractivity contribution in [3.05, 3.63) is 0 Å². The topological polar surface area (TPSA) is 353 Å². The largest absolute Gasteiger partial charge is 0.470 e. The Morgan fingerprint density at radius 3 is 1.52 bits per heavy atom. The van der Waals surface area contributed by atoms with E-state index < -0.39 is 136 Å². The predicted octanol–water partition coefficient (Wildman–Crippen LogP) is 6.63. The van der Waals surface area contributed by atoms with Crippen LogP contribution in [-0.4, -0.2) is 166 Å². The van der Waals surface area contributed by atoms with Crippen LogP contribution >= 0.6 is 7.82 Å². The van der Waals surface area contributed by atoms with Crippen molar-refractivity contribution < 1.29 is 99.6 Å². The van der Waals surface area contributed by atoms with E-state index in [0.29, 0.717) is 32.1 Å². The molecule has 10 N–H and O–H groups in total. The van der Waals surface area contributed by atoms with Crippen LogP contribution in [0.15, 0.2) is 0 Å². The summed E-state index contributed by atoms with van der Waals surface area (Å²) in [5, 5.41) is 60.4. The summed E-state index contributed by atoms with van der Waals surface area (Å²) < 4.78 is 82.0. The van der Waals surface area contributed by atoms with Crippen LogP contribution in [0.4, 0.5) is 0 Å². The first-order chi connectivity index (χ1) is 37.7. The zero-order valence-electron chi connectivity index (χ0n) is 47.6. The van der Waals surface area contributed by atoms with Crippen LogP contribution in [0.5, 0.6) is 0 Å². The highest BCUT2D eigenvalue weighted by molar-refractivity contribution is 7.80. The first-order valence-electron chi connectivity index (χ1n) is 29.7. The van der Waals surface area contributed by atoms with E-state index in [1.807, 2.05) is 0 Å². The van der Waals surface area contributed by atoms with E-state index in [2.05, 4.69) is 35.6 Å². The van der Waals surface area contributed by atoms with Gasteiger partial charge in [0.05, 0.1) is 45.4 Å². The van der Waals surface area contributed by atoms with E-state index in [1.54, 1.807) is 0 Å². The number of aliphatic hydroxyl groups is 5. The minimum atomic E-state index is -5.37.